The van der Waals surface area contributed by atoms with E-state index in [1.54, 1.807) is 0 Å². The Kier molecular flexibility index (Phi) is 8.15. The third-order valence-electron chi connectivity index (χ3n) is 5.04. The molecule has 37 heavy (non-hydrogen) atoms. The fraction of sp³-hybridized carbons (Fsp3) is 0.182. The Morgan fingerprint density at radius 3 is 2.08 bits per heavy atom. The van der Waals surface area contributed by atoms with E-state index in [0.717, 1.165) is 0 Å². The summed E-state index contributed by atoms with van der Waals surface area (Å²) in [5.41, 5.74) is -1.69. The topological polar surface area (TPSA) is 110 Å². The lowest BCUT2D eigenvalue weighted by molar-refractivity contribution is -0.138. The second kappa shape index (κ2) is 10.4. The second-order valence-electron chi connectivity index (χ2n) is 7.97. The molecule has 2 unspecified atom stereocenters. The number of nitrogens with zero attached hydrogens (tertiary/aromatic N) is 1. The van der Waals surface area contributed by atoms with Crippen molar-refractivity contribution in [2.45, 2.75) is 32.6 Å². The molecule has 1 aromatic heterocycles. The molecule has 0 fully saturated rings. The average molecular weight is 594 g/mol. The zero-order valence-electron chi connectivity index (χ0n) is 19.0. The lowest BCUT2D eigenvalue weighted by atomic mass is 10.2. The highest BCUT2D eigenvalue weighted by molar-refractivity contribution is 7.91. The van der Waals surface area contributed by atoms with Crippen LogP contribution in [0.15, 0.2) is 75.5 Å². The molecule has 2 atom stereocenters. The molecule has 7 nitrogen and oxygen atoms in total. The van der Waals surface area contributed by atoms with Crippen LogP contribution >= 0.6 is 18.5 Å². The van der Waals surface area contributed by atoms with Gasteiger partial charge in [-0.25, -0.2) is 26.2 Å². The lowest BCUT2D eigenvalue weighted by Crippen LogP contribution is -2.26. The summed E-state index contributed by atoms with van der Waals surface area (Å²) < 4.78 is 103. The minimum Gasteiger partial charge on any atom is -0.347 e. The number of carbonyl (C=O) groups is 1. The highest BCUT2D eigenvalue weighted by atomic mass is 32.2. The molecule has 0 saturated carbocycles. The van der Waals surface area contributed by atoms with Gasteiger partial charge in [0.25, 0.3) is 5.91 Å². The lowest BCUT2D eigenvalue weighted by Gasteiger charge is -2.15. The maximum atomic E-state index is 14.2. The number of nitrogens with one attached hydrogen (secondary N) is 1. The van der Waals surface area contributed by atoms with Crippen molar-refractivity contribution in [3.05, 3.63) is 83.2 Å². The van der Waals surface area contributed by atoms with Crippen molar-refractivity contribution in [2.75, 3.05) is 6.26 Å². The summed E-state index contributed by atoms with van der Waals surface area (Å²) in [6.45, 7) is -0.293. The number of halogens is 4. The van der Waals surface area contributed by atoms with Crippen molar-refractivity contribution in [3.8, 4) is 0 Å². The first-order valence-electron chi connectivity index (χ1n) is 10.2. The number of pyridine rings is 1. The number of benzene rings is 2. The molecule has 1 N–H and O–H groups in total. The van der Waals surface area contributed by atoms with Crippen molar-refractivity contribution < 1.29 is 39.2 Å². The Balaban J connectivity index is 1.87. The minimum atomic E-state index is -4.87. The molecule has 3 rings (SSSR count). The number of sulfone groups is 2. The van der Waals surface area contributed by atoms with Gasteiger partial charge in [-0.15, -0.1) is 0 Å². The number of rotatable bonds is 7. The maximum Gasteiger partial charge on any atom is 0.417 e. The van der Waals surface area contributed by atoms with E-state index in [1.807, 2.05) is 18.5 Å². The first kappa shape index (κ1) is 29.1. The highest BCUT2D eigenvalue weighted by Gasteiger charge is 2.34. The van der Waals surface area contributed by atoms with E-state index in [9.17, 15) is 39.2 Å². The van der Waals surface area contributed by atoms with Crippen LogP contribution < -0.4 is 5.32 Å². The smallest absolute Gasteiger partial charge is 0.347 e. The number of hydrogen-bond acceptors (Lipinski definition) is 6. The molecule has 1 heterocycles. The largest absolute Gasteiger partial charge is 0.417 e. The van der Waals surface area contributed by atoms with Crippen LogP contribution in [0.4, 0.5) is 17.6 Å². The van der Waals surface area contributed by atoms with Gasteiger partial charge >= 0.3 is 6.18 Å². The molecule has 2 aromatic carbocycles. The second-order valence-corrected chi connectivity index (χ2v) is 14.3. The Labute approximate surface area is 215 Å². The quantitative estimate of drug-likeness (QED) is 0.326. The summed E-state index contributed by atoms with van der Waals surface area (Å²) in [6.07, 6.45) is -3.88. The molecule has 0 aliphatic carbocycles. The fourth-order valence-electron chi connectivity index (χ4n) is 3.18. The van der Waals surface area contributed by atoms with Gasteiger partial charge in [0.2, 0.25) is 9.84 Å². The summed E-state index contributed by atoms with van der Waals surface area (Å²) in [6, 6.07) is 11.1. The summed E-state index contributed by atoms with van der Waals surface area (Å²) in [4.78, 5) is 14.8. The summed E-state index contributed by atoms with van der Waals surface area (Å²) in [5, 5.41) is 0.401. The van der Waals surface area contributed by atoms with Gasteiger partial charge < -0.3 is 5.32 Å². The first-order valence-corrected chi connectivity index (χ1v) is 14.7. The Morgan fingerprint density at radius 2 is 1.51 bits per heavy atom. The molecular weight excluding hydrogens is 574 g/mol. The van der Waals surface area contributed by atoms with Gasteiger partial charge in [0, 0.05) is 19.0 Å². The Morgan fingerprint density at radius 1 is 0.919 bits per heavy atom. The zero-order valence-corrected chi connectivity index (χ0v) is 22.9. The number of aromatic nitrogens is 1. The first-order chi connectivity index (χ1) is 16.9. The fourth-order valence-corrected chi connectivity index (χ4v) is 5.75. The van der Waals surface area contributed by atoms with E-state index in [0.29, 0.717) is 18.5 Å². The third-order valence-corrected chi connectivity index (χ3v) is 8.57. The highest BCUT2D eigenvalue weighted by Crippen LogP contribution is 2.41. The number of carbonyl (C=O) groups excluding carboxylic acids is 1. The van der Waals surface area contributed by atoms with Crippen LogP contribution in [0, 0.1) is 0 Å². The van der Waals surface area contributed by atoms with Crippen molar-refractivity contribution in [1.82, 2.24) is 10.3 Å². The number of amides is 1. The number of hydrogen-bond donors (Lipinski definition) is 1. The molecule has 1 amide bonds. The van der Waals surface area contributed by atoms with Gasteiger partial charge in [-0.05, 0) is 41.5 Å². The third kappa shape index (κ3) is 6.90. The molecule has 3 aromatic rings. The van der Waals surface area contributed by atoms with Gasteiger partial charge in [-0.3, -0.25) is 4.79 Å². The van der Waals surface area contributed by atoms with E-state index < -0.39 is 53.1 Å². The normalized spacial score (nSPS) is 12.8. The predicted molar refractivity (Wildman–Crippen MR) is 134 cm³/mol. The van der Waals surface area contributed by atoms with Crippen LogP contribution in [0.1, 0.15) is 27.2 Å². The molecule has 0 saturated heterocycles. The number of alkyl halides is 4. The molecule has 0 bridgehead atoms. The monoisotopic (exact) mass is 594 g/mol. The van der Waals surface area contributed by atoms with Gasteiger partial charge in [-0.2, -0.15) is 13.2 Å². The molecule has 15 heteroatoms. The van der Waals surface area contributed by atoms with Crippen molar-refractivity contribution in [3.63, 3.8) is 0 Å². The molecule has 198 valence electrons. The van der Waals surface area contributed by atoms with E-state index in [1.165, 1.54) is 48.5 Å². The van der Waals surface area contributed by atoms with Crippen LogP contribution in [0.2, 0.25) is 0 Å². The molecule has 0 aliphatic heterocycles. The van der Waals surface area contributed by atoms with Crippen LogP contribution in [0.25, 0.3) is 0 Å². The van der Waals surface area contributed by atoms with Gasteiger partial charge in [-0.1, -0.05) is 42.7 Å². The molecule has 0 radical (unpaired) electrons. The van der Waals surface area contributed by atoms with Crippen LogP contribution in [0.5, 0.6) is 0 Å². The Hall–Kier alpha value is -2.46. The molecular formula is C22H20F4N2O5P2S2. The van der Waals surface area contributed by atoms with Crippen LogP contribution in [-0.2, 0) is 37.5 Å². The summed E-state index contributed by atoms with van der Waals surface area (Å²) >= 11 is 0. The molecule has 0 aliphatic rings. The van der Waals surface area contributed by atoms with E-state index >= 15 is 0 Å². The minimum absolute atomic E-state index is 0.0951. The van der Waals surface area contributed by atoms with Crippen LogP contribution in [-0.4, -0.2) is 34.0 Å². The molecule has 0 spiro atoms. The zero-order chi connectivity index (χ0) is 27.8. The van der Waals surface area contributed by atoms with Gasteiger partial charge in [0.1, 0.15) is 5.69 Å². The average Bonchev–Trinajstić information content (AvgIpc) is 2.80. The standard InChI is InChI=1S/C22H20F4N2O5P2S2/c1-36(30,31)18-10-15(21(23,24)25)12-27-19(18)20(29)28-11-13-4-2-6-16(8-13)37(32,33)17-7-3-5-14(9-17)22(26,34)35/h2-10,12H,11,34-35H2,1H3,(H,28,29). The van der Waals surface area contributed by atoms with Crippen LogP contribution in [0.3, 0.4) is 0 Å². The van der Waals surface area contributed by atoms with Crippen molar-refractivity contribution in [2.24, 2.45) is 0 Å². The predicted octanol–water partition coefficient (Wildman–Crippen LogP) is 4.10. The Bertz CT molecular complexity index is 1570. The van der Waals surface area contributed by atoms with Crippen molar-refractivity contribution >= 4 is 44.1 Å². The van der Waals surface area contributed by atoms with E-state index in [4.69, 9.17) is 0 Å². The van der Waals surface area contributed by atoms with E-state index in [2.05, 4.69) is 10.3 Å². The van der Waals surface area contributed by atoms with Gasteiger partial charge in [0.05, 0.1) is 20.2 Å². The van der Waals surface area contributed by atoms with Crippen molar-refractivity contribution in [1.29, 1.82) is 0 Å². The SMILES string of the molecule is CS(=O)(=O)c1cc(C(F)(F)F)cnc1C(=O)NCc1cccc(S(=O)(=O)c2cccc(C(F)(P)P)c2)c1. The maximum absolute atomic E-state index is 14.2. The summed E-state index contributed by atoms with van der Waals surface area (Å²) in [5.74, 6) is -1.07. The van der Waals surface area contributed by atoms with E-state index in [-0.39, 0.29) is 27.5 Å². The summed E-state index contributed by atoms with van der Waals surface area (Å²) in [7, 11) is -4.44. The van der Waals surface area contributed by atoms with Gasteiger partial charge in [0.15, 0.2) is 15.0 Å².